The zero-order valence-corrected chi connectivity index (χ0v) is 9.36. The van der Waals surface area contributed by atoms with Crippen molar-refractivity contribution in [2.24, 2.45) is 0 Å². The van der Waals surface area contributed by atoms with E-state index in [1.165, 1.54) is 5.56 Å². The first-order valence-corrected chi connectivity index (χ1v) is 5.62. The highest BCUT2D eigenvalue weighted by molar-refractivity contribution is 5.67. The summed E-state index contributed by atoms with van der Waals surface area (Å²) in [6.45, 7) is 2.85. The van der Waals surface area contributed by atoms with Gasteiger partial charge in [0.05, 0.1) is 6.42 Å². The maximum atomic E-state index is 10.6. The van der Waals surface area contributed by atoms with Crippen LogP contribution in [0.4, 0.5) is 5.82 Å². The highest BCUT2D eigenvalue weighted by Crippen LogP contribution is 2.24. The first kappa shape index (κ1) is 10.9. The molecular formula is C12H16N2O2. The quantitative estimate of drug-likeness (QED) is 0.818. The van der Waals surface area contributed by atoms with E-state index in [1.54, 1.807) is 0 Å². The van der Waals surface area contributed by atoms with Crippen LogP contribution >= 0.6 is 0 Å². The predicted molar refractivity (Wildman–Crippen MR) is 61.7 cm³/mol. The van der Waals surface area contributed by atoms with Crippen molar-refractivity contribution in [3.05, 3.63) is 23.4 Å². The Labute approximate surface area is 94.7 Å². The van der Waals surface area contributed by atoms with Gasteiger partial charge in [0, 0.05) is 18.2 Å². The molecule has 4 nitrogen and oxygen atoms in total. The Hall–Kier alpha value is -1.58. The molecule has 2 N–H and O–H groups in total. The van der Waals surface area contributed by atoms with Crippen molar-refractivity contribution in [2.45, 2.75) is 32.1 Å². The lowest BCUT2D eigenvalue weighted by atomic mass is 10.0. The molecule has 0 fully saturated rings. The minimum absolute atomic E-state index is 0.0356. The number of pyridine rings is 1. The Morgan fingerprint density at radius 3 is 3.19 bits per heavy atom. The van der Waals surface area contributed by atoms with Gasteiger partial charge in [-0.3, -0.25) is 4.79 Å². The topological polar surface area (TPSA) is 62.2 Å². The average molecular weight is 220 g/mol. The molecule has 2 rings (SSSR count). The van der Waals surface area contributed by atoms with Crippen LogP contribution in [0, 0.1) is 0 Å². The van der Waals surface area contributed by atoms with Crippen molar-refractivity contribution in [1.29, 1.82) is 0 Å². The lowest BCUT2D eigenvalue weighted by molar-refractivity contribution is -0.137. The van der Waals surface area contributed by atoms with Crippen LogP contribution in [0.1, 0.15) is 36.9 Å². The van der Waals surface area contributed by atoms with Crippen molar-refractivity contribution >= 4 is 11.8 Å². The molecule has 2 heterocycles. The molecule has 0 bridgehead atoms. The summed E-state index contributed by atoms with van der Waals surface area (Å²) >= 11 is 0. The van der Waals surface area contributed by atoms with Gasteiger partial charge in [-0.2, -0.15) is 0 Å². The second-order valence-electron chi connectivity index (χ2n) is 4.27. The smallest absolute Gasteiger partial charge is 0.304 e. The number of aromatic nitrogens is 1. The molecule has 86 valence electrons. The number of anilines is 1. The van der Waals surface area contributed by atoms with Crippen LogP contribution < -0.4 is 5.32 Å². The molecule has 0 saturated carbocycles. The number of fused-ring (bicyclic) bond motifs is 1. The van der Waals surface area contributed by atoms with E-state index in [-0.39, 0.29) is 12.3 Å². The number of nitrogens with zero attached hydrogens (tertiary/aromatic N) is 1. The van der Waals surface area contributed by atoms with Gasteiger partial charge < -0.3 is 10.4 Å². The van der Waals surface area contributed by atoms with Gasteiger partial charge in [-0.1, -0.05) is 13.0 Å². The van der Waals surface area contributed by atoms with E-state index in [0.29, 0.717) is 0 Å². The molecular weight excluding hydrogens is 204 g/mol. The molecule has 16 heavy (non-hydrogen) atoms. The van der Waals surface area contributed by atoms with Gasteiger partial charge in [0.2, 0.25) is 0 Å². The summed E-state index contributed by atoms with van der Waals surface area (Å²) in [6.07, 6.45) is 2.33. The maximum Gasteiger partial charge on any atom is 0.304 e. The van der Waals surface area contributed by atoms with Crippen molar-refractivity contribution in [3.63, 3.8) is 0 Å². The highest BCUT2D eigenvalue weighted by Gasteiger charge is 2.15. The third-order valence-electron chi connectivity index (χ3n) is 2.90. The predicted octanol–water partition coefficient (Wildman–Crippen LogP) is 2.02. The molecule has 1 aliphatic heterocycles. The Balaban J connectivity index is 2.19. The van der Waals surface area contributed by atoms with Crippen LogP contribution in [0.15, 0.2) is 12.1 Å². The van der Waals surface area contributed by atoms with Gasteiger partial charge in [-0.15, -0.1) is 0 Å². The van der Waals surface area contributed by atoms with Crippen molar-refractivity contribution in [1.82, 2.24) is 4.98 Å². The van der Waals surface area contributed by atoms with E-state index in [0.717, 1.165) is 30.9 Å². The highest BCUT2D eigenvalue weighted by atomic mass is 16.4. The van der Waals surface area contributed by atoms with E-state index in [1.807, 2.05) is 13.0 Å². The Bertz CT molecular complexity index is 404. The zero-order chi connectivity index (χ0) is 11.5. The molecule has 0 aromatic carbocycles. The van der Waals surface area contributed by atoms with Crippen molar-refractivity contribution < 1.29 is 9.90 Å². The lowest BCUT2D eigenvalue weighted by Crippen LogP contribution is -2.15. The minimum Gasteiger partial charge on any atom is -0.481 e. The Morgan fingerprint density at radius 1 is 1.62 bits per heavy atom. The van der Waals surface area contributed by atoms with Gasteiger partial charge in [-0.25, -0.2) is 4.98 Å². The molecule has 1 atom stereocenters. The van der Waals surface area contributed by atoms with Crippen LogP contribution in [-0.2, 0) is 11.2 Å². The number of hydrogen-bond acceptors (Lipinski definition) is 3. The maximum absolute atomic E-state index is 10.6. The normalized spacial score (nSPS) is 16.1. The van der Waals surface area contributed by atoms with Gasteiger partial charge in [0.1, 0.15) is 5.82 Å². The van der Waals surface area contributed by atoms with Crippen LogP contribution in [0.5, 0.6) is 0 Å². The van der Waals surface area contributed by atoms with Crippen LogP contribution in [0.25, 0.3) is 0 Å². The molecule has 4 heteroatoms. The van der Waals surface area contributed by atoms with Gasteiger partial charge in [0.25, 0.3) is 0 Å². The largest absolute Gasteiger partial charge is 0.481 e. The summed E-state index contributed by atoms with van der Waals surface area (Å²) < 4.78 is 0. The minimum atomic E-state index is -0.778. The number of carboxylic acid groups (broad SMARTS) is 1. The van der Waals surface area contributed by atoms with Gasteiger partial charge in [-0.05, 0) is 24.5 Å². The molecule has 0 radical (unpaired) electrons. The molecule has 0 aliphatic carbocycles. The summed E-state index contributed by atoms with van der Waals surface area (Å²) in [7, 11) is 0. The lowest BCUT2D eigenvalue weighted by Gasteiger charge is -2.18. The van der Waals surface area contributed by atoms with Gasteiger partial charge in [0.15, 0.2) is 0 Å². The fourth-order valence-electron chi connectivity index (χ4n) is 1.98. The average Bonchev–Trinajstić information content (AvgIpc) is 2.27. The molecule has 0 amide bonds. The third-order valence-corrected chi connectivity index (χ3v) is 2.90. The van der Waals surface area contributed by atoms with E-state index in [2.05, 4.69) is 16.4 Å². The Kier molecular flexibility index (Phi) is 3.08. The van der Waals surface area contributed by atoms with Crippen LogP contribution in [0.2, 0.25) is 0 Å². The molecule has 0 spiro atoms. The monoisotopic (exact) mass is 220 g/mol. The summed E-state index contributed by atoms with van der Waals surface area (Å²) in [6, 6.07) is 4.00. The summed E-state index contributed by atoms with van der Waals surface area (Å²) in [5.41, 5.74) is 2.09. The number of nitrogens with one attached hydrogen (secondary N) is 1. The summed E-state index contributed by atoms with van der Waals surface area (Å²) in [5, 5.41) is 12.0. The van der Waals surface area contributed by atoms with E-state index < -0.39 is 5.97 Å². The van der Waals surface area contributed by atoms with Crippen LogP contribution in [-0.4, -0.2) is 22.6 Å². The molecule has 1 unspecified atom stereocenters. The number of carbonyl (C=O) groups is 1. The first-order valence-electron chi connectivity index (χ1n) is 5.62. The number of rotatable bonds is 3. The second-order valence-corrected chi connectivity index (χ2v) is 4.27. The number of hydrogen-bond donors (Lipinski definition) is 2. The fourth-order valence-corrected chi connectivity index (χ4v) is 1.98. The molecule has 1 aromatic rings. The molecule has 1 aliphatic rings. The first-order chi connectivity index (χ1) is 7.66. The summed E-state index contributed by atoms with van der Waals surface area (Å²) in [5.74, 6) is 0.118. The van der Waals surface area contributed by atoms with Gasteiger partial charge >= 0.3 is 5.97 Å². The van der Waals surface area contributed by atoms with E-state index in [4.69, 9.17) is 5.11 Å². The number of aryl methyl sites for hydroxylation is 1. The Morgan fingerprint density at radius 2 is 2.44 bits per heavy atom. The zero-order valence-electron chi connectivity index (χ0n) is 9.36. The summed E-state index contributed by atoms with van der Waals surface area (Å²) in [4.78, 5) is 15.1. The second kappa shape index (κ2) is 4.51. The number of aliphatic carboxylic acids is 1. The molecule has 1 aromatic heterocycles. The molecule has 0 saturated heterocycles. The van der Waals surface area contributed by atoms with E-state index >= 15 is 0 Å². The SMILES string of the molecule is CC(CC(=O)O)c1ccc2c(n1)NCCC2. The van der Waals surface area contributed by atoms with Crippen molar-refractivity contribution in [3.8, 4) is 0 Å². The van der Waals surface area contributed by atoms with E-state index in [9.17, 15) is 4.79 Å². The number of carboxylic acids is 1. The third kappa shape index (κ3) is 2.32. The van der Waals surface area contributed by atoms with Crippen molar-refractivity contribution in [2.75, 3.05) is 11.9 Å². The fraction of sp³-hybridized carbons (Fsp3) is 0.500. The van der Waals surface area contributed by atoms with Crippen LogP contribution in [0.3, 0.4) is 0 Å². The standard InChI is InChI=1S/C12H16N2O2/c1-8(7-11(15)16)10-5-4-9-3-2-6-13-12(9)14-10/h4-5,8H,2-3,6-7H2,1H3,(H,13,14)(H,15,16).